The highest BCUT2D eigenvalue weighted by Gasteiger charge is 2.29. The van der Waals surface area contributed by atoms with Crippen molar-refractivity contribution in [1.82, 2.24) is 0 Å². The van der Waals surface area contributed by atoms with Crippen LogP contribution in [0.1, 0.15) is 12.5 Å². The summed E-state index contributed by atoms with van der Waals surface area (Å²) in [7, 11) is -2.64. The van der Waals surface area contributed by atoms with E-state index in [4.69, 9.17) is 4.74 Å². The Morgan fingerprint density at radius 3 is 2.21 bits per heavy atom. The number of nitrogens with one attached hydrogen (secondary N) is 2. The molecule has 0 bridgehead atoms. The Bertz CT molecular complexity index is 1260. The number of anilines is 3. The van der Waals surface area contributed by atoms with E-state index in [-0.39, 0.29) is 16.5 Å². The van der Waals surface area contributed by atoms with Crippen LogP contribution in [0.5, 0.6) is 5.75 Å². The van der Waals surface area contributed by atoms with Crippen molar-refractivity contribution in [1.29, 1.82) is 0 Å². The number of rotatable bonds is 8. The average Bonchev–Trinajstić information content (AvgIpc) is 2.77. The molecule has 0 spiro atoms. The number of carbonyl (C=O) groups excluding carboxylic acids is 2. The Kier molecular flexibility index (Phi) is 7.34. The third kappa shape index (κ3) is 5.89. The molecule has 0 fully saturated rings. The largest absolute Gasteiger partial charge is 0.495 e. The highest BCUT2D eigenvalue weighted by molar-refractivity contribution is 7.92. The van der Waals surface area contributed by atoms with Crippen LogP contribution in [-0.4, -0.2) is 33.9 Å². The van der Waals surface area contributed by atoms with Crippen molar-refractivity contribution in [3.8, 4) is 5.75 Å². The molecule has 0 saturated carbocycles. The first-order chi connectivity index (χ1) is 15.7. The van der Waals surface area contributed by atoms with Crippen molar-refractivity contribution in [3.05, 3.63) is 78.4 Å². The summed E-state index contributed by atoms with van der Waals surface area (Å²) >= 11 is 0. The molecule has 0 unspecified atom stereocenters. The molecule has 0 aliphatic heterocycles. The van der Waals surface area contributed by atoms with E-state index in [1.54, 1.807) is 60.7 Å². The Hall–Kier alpha value is -3.85. The lowest BCUT2D eigenvalue weighted by atomic mass is 10.2. The monoisotopic (exact) mass is 467 g/mol. The summed E-state index contributed by atoms with van der Waals surface area (Å²) < 4.78 is 33.5. The van der Waals surface area contributed by atoms with E-state index in [0.29, 0.717) is 17.1 Å². The molecule has 0 atom stereocenters. The molecule has 0 aliphatic rings. The Morgan fingerprint density at radius 1 is 0.909 bits per heavy atom. The van der Waals surface area contributed by atoms with Gasteiger partial charge in [-0.3, -0.25) is 13.9 Å². The number of methoxy groups -OCH3 is 1. The predicted molar refractivity (Wildman–Crippen MR) is 128 cm³/mol. The van der Waals surface area contributed by atoms with Crippen LogP contribution in [0.3, 0.4) is 0 Å². The van der Waals surface area contributed by atoms with Crippen molar-refractivity contribution < 1.29 is 22.7 Å². The SMILES string of the molecule is COc1ccc(C)cc1N(CC(=O)Nc1cccc(NC(C)=O)c1)S(=O)(=O)c1ccccc1. The molecule has 2 amide bonds. The molecule has 0 saturated heterocycles. The van der Waals surface area contributed by atoms with Gasteiger partial charge in [-0.2, -0.15) is 0 Å². The van der Waals surface area contributed by atoms with Gasteiger partial charge in [-0.15, -0.1) is 0 Å². The molecule has 0 radical (unpaired) electrons. The summed E-state index contributed by atoms with van der Waals surface area (Å²) in [6, 6.07) is 19.6. The molecule has 2 N–H and O–H groups in total. The maximum absolute atomic E-state index is 13.5. The van der Waals surface area contributed by atoms with E-state index >= 15 is 0 Å². The smallest absolute Gasteiger partial charge is 0.264 e. The molecule has 172 valence electrons. The number of sulfonamides is 1. The molecular formula is C24H25N3O5S. The van der Waals surface area contributed by atoms with Gasteiger partial charge >= 0.3 is 0 Å². The zero-order valence-corrected chi connectivity index (χ0v) is 19.3. The van der Waals surface area contributed by atoms with Crippen LogP contribution in [-0.2, 0) is 19.6 Å². The molecule has 3 rings (SSSR count). The number of benzene rings is 3. The van der Waals surface area contributed by atoms with E-state index in [0.717, 1.165) is 9.87 Å². The number of amides is 2. The maximum atomic E-state index is 13.5. The Balaban J connectivity index is 1.97. The highest BCUT2D eigenvalue weighted by atomic mass is 32.2. The molecule has 3 aromatic rings. The minimum atomic E-state index is -4.08. The van der Waals surface area contributed by atoms with E-state index in [9.17, 15) is 18.0 Å². The van der Waals surface area contributed by atoms with Gasteiger partial charge in [0.05, 0.1) is 17.7 Å². The number of hydrogen-bond acceptors (Lipinski definition) is 5. The third-order valence-electron chi connectivity index (χ3n) is 4.69. The summed E-state index contributed by atoms with van der Waals surface area (Å²) in [5.41, 5.74) is 1.99. The Labute approximate surface area is 193 Å². The van der Waals surface area contributed by atoms with E-state index in [1.807, 2.05) is 6.92 Å². The topological polar surface area (TPSA) is 105 Å². The zero-order chi connectivity index (χ0) is 24.0. The first kappa shape index (κ1) is 23.8. The van der Waals surface area contributed by atoms with Gasteiger partial charge in [0.15, 0.2) is 0 Å². The summed E-state index contributed by atoms with van der Waals surface area (Å²) in [5.74, 6) is -0.483. The molecule has 8 nitrogen and oxygen atoms in total. The maximum Gasteiger partial charge on any atom is 0.264 e. The molecule has 3 aromatic carbocycles. The second kappa shape index (κ2) is 10.2. The standard InChI is InChI=1S/C24H25N3O5S/c1-17-12-13-23(32-3)22(14-17)27(33(30,31)21-10-5-4-6-11-21)16-24(29)26-20-9-7-8-19(15-20)25-18(2)28/h4-15H,16H2,1-3H3,(H,25,28)(H,26,29). The quantitative estimate of drug-likeness (QED) is 0.524. The molecule has 33 heavy (non-hydrogen) atoms. The zero-order valence-electron chi connectivity index (χ0n) is 18.5. The van der Waals surface area contributed by atoms with E-state index in [1.165, 1.54) is 26.2 Å². The van der Waals surface area contributed by atoms with Gasteiger partial charge < -0.3 is 15.4 Å². The van der Waals surface area contributed by atoms with Gasteiger partial charge in [0, 0.05) is 18.3 Å². The first-order valence-corrected chi connectivity index (χ1v) is 11.5. The van der Waals surface area contributed by atoms with Crippen LogP contribution < -0.4 is 19.7 Å². The second-order valence-electron chi connectivity index (χ2n) is 7.31. The van der Waals surface area contributed by atoms with Gasteiger partial charge in [0.1, 0.15) is 12.3 Å². The molecule has 0 aliphatic carbocycles. The number of nitrogens with zero attached hydrogens (tertiary/aromatic N) is 1. The molecule has 0 heterocycles. The van der Waals surface area contributed by atoms with Gasteiger partial charge in [-0.25, -0.2) is 8.42 Å². The Morgan fingerprint density at radius 2 is 1.58 bits per heavy atom. The summed E-state index contributed by atoms with van der Waals surface area (Å²) in [6.07, 6.45) is 0. The number of aryl methyl sites for hydroxylation is 1. The van der Waals surface area contributed by atoms with Crippen molar-refractivity contribution in [2.24, 2.45) is 0 Å². The fraction of sp³-hybridized carbons (Fsp3) is 0.167. The van der Waals surface area contributed by atoms with Crippen molar-refractivity contribution in [2.75, 3.05) is 28.6 Å². The van der Waals surface area contributed by atoms with E-state index in [2.05, 4.69) is 10.6 Å². The van der Waals surface area contributed by atoms with Crippen LogP contribution in [0.4, 0.5) is 17.1 Å². The normalized spacial score (nSPS) is 10.9. The minimum absolute atomic E-state index is 0.0500. The van der Waals surface area contributed by atoms with Gasteiger partial charge in [-0.05, 0) is 55.0 Å². The first-order valence-electron chi connectivity index (χ1n) is 10.1. The third-order valence-corrected chi connectivity index (χ3v) is 6.46. The van der Waals surface area contributed by atoms with Gasteiger partial charge in [0.25, 0.3) is 10.0 Å². The number of ether oxygens (including phenoxy) is 1. The predicted octanol–water partition coefficient (Wildman–Crippen LogP) is 3.80. The lowest BCUT2D eigenvalue weighted by Gasteiger charge is -2.26. The van der Waals surface area contributed by atoms with Crippen LogP contribution in [0.2, 0.25) is 0 Å². The van der Waals surface area contributed by atoms with Crippen LogP contribution in [0.25, 0.3) is 0 Å². The summed E-state index contributed by atoms with van der Waals surface area (Å²) in [6.45, 7) is 2.72. The number of carbonyl (C=O) groups is 2. The van der Waals surface area contributed by atoms with Crippen LogP contribution in [0.15, 0.2) is 77.7 Å². The second-order valence-corrected chi connectivity index (χ2v) is 9.17. The highest BCUT2D eigenvalue weighted by Crippen LogP contribution is 2.33. The van der Waals surface area contributed by atoms with Gasteiger partial charge in [0.2, 0.25) is 11.8 Å². The van der Waals surface area contributed by atoms with E-state index < -0.39 is 22.5 Å². The fourth-order valence-electron chi connectivity index (χ4n) is 3.22. The summed E-state index contributed by atoms with van der Waals surface area (Å²) in [4.78, 5) is 24.3. The lowest BCUT2D eigenvalue weighted by Crippen LogP contribution is -2.38. The fourth-order valence-corrected chi connectivity index (χ4v) is 4.67. The lowest BCUT2D eigenvalue weighted by molar-refractivity contribution is -0.115. The van der Waals surface area contributed by atoms with Crippen molar-refractivity contribution >= 4 is 38.9 Å². The van der Waals surface area contributed by atoms with Crippen LogP contribution in [0, 0.1) is 6.92 Å². The average molecular weight is 468 g/mol. The van der Waals surface area contributed by atoms with Crippen molar-refractivity contribution in [2.45, 2.75) is 18.7 Å². The minimum Gasteiger partial charge on any atom is -0.495 e. The molecule has 9 heteroatoms. The summed E-state index contributed by atoms with van der Waals surface area (Å²) in [5, 5.41) is 5.33. The van der Waals surface area contributed by atoms with Crippen molar-refractivity contribution in [3.63, 3.8) is 0 Å². The van der Waals surface area contributed by atoms with Crippen LogP contribution >= 0.6 is 0 Å². The molecule has 0 aromatic heterocycles. The number of hydrogen-bond donors (Lipinski definition) is 2. The van der Waals surface area contributed by atoms with Gasteiger partial charge in [-0.1, -0.05) is 30.3 Å². The molecular weight excluding hydrogens is 442 g/mol.